The first-order valence-electron chi connectivity index (χ1n) is 6.18. The van der Waals surface area contributed by atoms with E-state index in [-0.39, 0.29) is 19.1 Å². The largest absolute Gasteiger partial charge is 0.465 e. The molecule has 0 heterocycles. The van der Waals surface area contributed by atoms with Gasteiger partial charge in [-0.2, -0.15) is 0 Å². The third kappa shape index (κ3) is 8.03. The quantitative estimate of drug-likeness (QED) is 0.448. The number of aliphatic hydroxyl groups is 1. The molecule has 0 aromatic carbocycles. The Hall–Kier alpha value is -1.14. The summed E-state index contributed by atoms with van der Waals surface area (Å²) in [4.78, 5) is 24.6. The fourth-order valence-electron chi connectivity index (χ4n) is 1.40. The van der Waals surface area contributed by atoms with Gasteiger partial charge in [0.1, 0.15) is 6.54 Å². The number of amides is 1. The molecule has 0 aliphatic carbocycles. The van der Waals surface area contributed by atoms with Crippen LogP contribution in [0.15, 0.2) is 0 Å². The fourth-order valence-corrected chi connectivity index (χ4v) is 1.40. The lowest BCUT2D eigenvalue weighted by Crippen LogP contribution is -2.38. The van der Waals surface area contributed by atoms with Crippen molar-refractivity contribution in [1.82, 2.24) is 4.90 Å². The molecule has 0 aromatic rings. The maximum absolute atomic E-state index is 11.8. The summed E-state index contributed by atoms with van der Waals surface area (Å²) in [6.45, 7) is 2.80. The van der Waals surface area contributed by atoms with E-state index >= 15 is 0 Å². The molecule has 6 nitrogen and oxygen atoms in total. The molecule has 0 aromatic heterocycles. The number of esters is 1. The van der Waals surface area contributed by atoms with Crippen LogP contribution < -0.4 is 0 Å². The number of aliphatic hydroxyl groups excluding tert-OH is 1. The Morgan fingerprint density at radius 1 is 1.28 bits per heavy atom. The van der Waals surface area contributed by atoms with Crippen molar-refractivity contribution in [3.63, 3.8) is 0 Å². The Labute approximate surface area is 108 Å². The summed E-state index contributed by atoms with van der Waals surface area (Å²) in [5.74, 6) is -0.530. The lowest BCUT2D eigenvalue weighted by molar-refractivity contribution is -0.149. The lowest BCUT2D eigenvalue weighted by atomic mass is 10.2. The summed E-state index contributed by atoms with van der Waals surface area (Å²) in [5, 5.41) is 8.66. The molecule has 0 bridgehead atoms. The minimum Gasteiger partial charge on any atom is -0.465 e. The highest BCUT2D eigenvalue weighted by Crippen LogP contribution is 2.01. The van der Waals surface area contributed by atoms with Gasteiger partial charge in [0.25, 0.3) is 0 Å². The Morgan fingerprint density at radius 3 is 2.56 bits per heavy atom. The fraction of sp³-hybridized carbons (Fsp3) is 0.833. The molecule has 6 heteroatoms. The number of carbonyl (C=O) groups is 2. The van der Waals surface area contributed by atoms with Crippen LogP contribution in [0.25, 0.3) is 0 Å². The molecule has 0 unspecified atom stereocenters. The van der Waals surface area contributed by atoms with E-state index in [1.54, 1.807) is 14.0 Å². The van der Waals surface area contributed by atoms with Gasteiger partial charge in [0.15, 0.2) is 0 Å². The number of methoxy groups -OCH3 is 1. The zero-order chi connectivity index (χ0) is 13.8. The first-order valence-corrected chi connectivity index (χ1v) is 6.18. The molecule has 18 heavy (non-hydrogen) atoms. The standard InChI is InChI=1S/C12H23NO5/c1-3-18-12(16)10-13(7-9-17-2)11(15)6-4-5-8-14/h14H,3-10H2,1-2H3. The predicted molar refractivity (Wildman–Crippen MR) is 66.0 cm³/mol. The van der Waals surface area contributed by atoms with Gasteiger partial charge in [0.2, 0.25) is 5.91 Å². The number of ether oxygens (including phenoxy) is 2. The molecule has 0 saturated carbocycles. The van der Waals surface area contributed by atoms with Crippen molar-refractivity contribution >= 4 is 11.9 Å². The van der Waals surface area contributed by atoms with Crippen LogP contribution >= 0.6 is 0 Å². The average molecular weight is 261 g/mol. The van der Waals surface area contributed by atoms with Gasteiger partial charge >= 0.3 is 5.97 Å². The van der Waals surface area contributed by atoms with Crippen LogP contribution in [0, 0.1) is 0 Å². The van der Waals surface area contributed by atoms with Crippen molar-refractivity contribution in [2.45, 2.75) is 26.2 Å². The minimum atomic E-state index is -0.413. The second-order valence-corrected chi connectivity index (χ2v) is 3.79. The Morgan fingerprint density at radius 2 is 2.00 bits per heavy atom. The lowest BCUT2D eigenvalue weighted by Gasteiger charge is -2.21. The summed E-state index contributed by atoms with van der Waals surface area (Å²) in [6.07, 6.45) is 1.52. The topological polar surface area (TPSA) is 76.1 Å². The highest BCUT2D eigenvalue weighted by molar-refractivity contribution is 5.82. The summed E-state index contributed by atoms with van der Waals surface area (Å²) in [7, 11) is 1.54. The smallest absolute Gasteiger partial charge is 0.325 e. The van der Waals surface area contributed by atoms with Crippen molar-refractivity contribution < 1.29 is 24.2 Å². The highest BCUT2D eigenvalue weighted by atomic mass is 16.5. The van der Waals surface area contributed by atoms with Gasteiger partial charge in [-0.05, 0) is 19.8 Å². The van der Waals surface area contributed by atoms with Gasteiger partial charge in [-0.15, -0.1) is 0 Å². The minimum absolute atomic E-state index is 0.0465. The number of nitrogens with zero attached hydrogens (tertiary/aromatic N) is 1. The summed E-state index contributed by atoms with van der Waals surface area (Å²) >= 11 is 0. The second-order valence-electron chi connectivity index (χ2n) is 3.79. The Balaban J connectivity index is 4.18. The van der Waals surface area contributed by atoms with Crippen molar-refractivity contribution in [2.24, 2.45) is 0 Å². The van der Waals surface area contributed by atoms with Crippen molar-refractivity contribution in [1.29, 1.82) is 0 Å². The summed E-state index contributed by atoms with van der Waals surface area (Å²) < 4.78 is 9.72. The van der Waals surface area contributed by atoms with E-state index in [4.69, 9.17) is 14.6 Å². The second kappa shape index (κ2) is 11.0. The van der Waals surface area contributed by atoms with Crippen LogP contribution in [0.5, 0.6) is 0 Å². The monoisotopic (exact) mass is 261 g/mol. The molecular weight excluding hydrogens is 238 g/mol. The van der Waals surface area contributed by atoms with Crippen LogP contribution in [-0.2, 0) is 19.1 Å². The molecule has 0 saturated heterocycles. The van der Waals surface area contributed by atoms with Crippen LogP contribution in [0.2, 0.25) is 0 Å². The SMILES string of the molecule is CCOC(=O)CN(CCOC)C(=O)CCCCO. The molecule has 0 fully saturated rings. The number of hydrogen-bond acceptors (Lipinski definition) is 5. The van der Waals surface area contributed by atoms with E-state index in [9.17, 15) is 9.59 Å². The van der Waals surface area contributed by atoms with Gasteiger partial charge in [0, 0.05) is 26.7 Å². The van der Waals surface area contributed by atoms with Gasteiger partial charge in [-0.25, -0.2) is 0 Å². The number of rotatable bonds is 10. The van der Waals surface area contributed by atoms with Crippen molar-refractivity contribution in [3.8, 4) is 0 Å². The van der Waals surface area contributed by atoms with Crippen molar-refractivity contribution in [3.05, 3.63) is 0 Å². The van der Waals surface area contributed by atoms with Gasteiger partial charge in [-0.1, -0.05) is 0 Å². The molecule has 1 N–H and O–H groups in total. The van der Waals surface area contributed by atoms with E-state index in [1.807, 2.05) is 0 Å². The first kappa shape index (κ1) is 16.9. The third-order valence-corrected chi connectivity index (χ3v) is 2.34. The molecule has 0 rings (SSSR count). The van der Waals surface area contributed by atoms with Crippen molar-refractivity contribution in [2.75, 3.05) is 40.0 Å². The number of hydrogen-bond donors (Lipinski definition) is 1. The highest BCUT2D eigenvalue weighted by Gasteiger charge is 2.17. The molecule has 0 aliphatic heterocycles. The zero-order valence-corrected chi connectivity index (χ0v) is 11.2. The number of unbranched alkanes of at least 4 members (excludes halogenated alkanes) is 1. The summed E-state index contributed by atoms with van der Waals surface area (Å²) in [6, 6.07) is 0. The number of carbonyl (C=O) groups excluding carboxylic acids is 2. The van der Waals surface area contributed by atoms with Gasteiger partial charge < -0.3 is 19.5 Å². The van der Waals surface area contributed by atoms with Crippen LogP contribution in [0.3, 0.4) is 0 Å². The molecule has 1 amide bonds. The van der Waals surface area contributed by atoms with Gasteiger partial charge in [-0.3, -0.25) is 9.59 Å². The molecule has 106 valence electrons. The van der Waals surface area contributed by atoms with Gasteiger partial charge in [0.05, 0.1) is 13.2 Å². The molecule has 0 aliphatic rings. The molecule has 0 atom stereocenters. The van der Waals surface area contributed by atoms with Crippen LogP contribution in [-0.4, -0.2) is 61.9 Å². The molecule has 0 spiro atoms. The third-order valence-electron chi connectivity index (χ3n) is 2.34. The predicted octanol–water partition coefficient (Wildman–Crippen LogP) is 0.187. The first-order chi connectivity index (χ1) is 8.65. The van der Waals surface area contributed by atoms with E-state index in [0.29, 0.717) is 39.0 Å². The van der Waals surface area contributed by atoms with Crippen LogP contribution in [0.1, 0.15) is 26.2 Å². The average Bonchev–Trinajstić information content (AvgIpc) is 2.34. The Kier molecular flexibility index (Phi) is 10.3. The van der Waals surface area contributed by atoms with E-state index in [2.05, 4.69) is 0 Å². The Bertz CT molecular complexity index is 245. The zero-order valence-electron chi connectivity index (χ0n) is 11.2. The van der Waals surface area contributed by atoms with E-state index < -0.39 is 5.97 Å². The van der Waals surface area contributed by atoms with E-state index in [0.717, 1.165) is 0 Å². The molecular formula is C12H23NO5. The maximum atomic E-state index is 11.8. The molecule has 0 radical (unpaired) electrons. The van der Waals surface area contributed by atoms with E-state index in [1.165, 1.54) is 4.90 Å². The summed E-state index contributed by atoms with van der Waals surface area (Å²) in [5.41, 5.74) is 0. The van der Waals surface area contributed by atoms with Crippen LogP contribution in [0.4, 0.5) is 0 Å². The normalized spacial score (nSPS) is 10.2. The maximum Gasteiger partial charge on any atom is 0.325 e.